The fraction of sp³-hybridized carbons (Fsp3) is 0.391. The van der Waals surface area contributed by atoms with E-state index in [4.69, 9.17) is 9.84 Å². The smallest absolute Gasteiger partial charge is 0.410 e. The van der Waals surface area contributed by atoms with Crippen LogP contribution in [0.2, 0.25) is 0 Å². The van der Waals surface area contributed by atoms with Crippen LogP contribution in [0.3, 0.4) is 0 Å². The molecule has 6 heteroatoms. The fourth-order valence-corrected chi connectivity index (χ4v) is 3.07. The SMILES string of the molecule is CC(C)(C)OC(=O)N1CCN(c2ccc(C=Cc3ccc(CO)cc3)nc2)CC1. The lowest BCUT2D eigenvalue weighted by Crippen LogP contribution is -2.50. The summed E-state index contributed by atoms with van der Waals surface area (Å²) in [6.45, 7) is 8.49. The number of aliphatic hydroxyl groups is 1. The van der Waals surface area contributed by atoms with Gasteiger partial charge in [0.1, 0.15) is 5.60 Å². The van der Waals surface area contributed by atoms with Gasteiger partial charge in [-0.1, -0.05) is 30.3 Å². The molecule has 1 fully saturated rings. The van der Waals surface area contributed by atoms with Crippen LogP contribution in [-0.4, -0.2) is 52.9 Å². The monoisotopic (exact) mass is 395 g/mol. The molecule has 1 amide bonds. The minimum Gasteiger partial charge on any atom is -0.444 e. The molecule has 6 nitrogen and oxygen atoms in total. The van der Waals surface area contributed by atoms with Crippen molar-refractivity contribution >= 4 is 23.9 Å². The van der Waals surface area contributed by atoms with E-state index in [-0.39, 0.29) is 12.7 Å². The second-order valence-corrected chi connectivity index (χ2v) is 8.13. The summed E-state index contributed by atoms with van der Waals surface area (Å²) < 4.78 is 5.45. The minimum atomic E-state index is -0.470. The standard InChI is InChI=1S/C23H29N3O3/c1-23(2,3)29-22(28)26-14-12-25(13-15-26)21-11-10-20(24-16-21)9-8-18-4-6-19(17-27)7-5-18/h4-11,16,27H,12-15,17H2,1-3H3. The Morgan fingerprint density at radius 2 is 1.76 bits per heavy atom. The molecule has 0 spiro atoms. The number of aromatic nitrogens is 1. The average Bonchev–Trinajstić information content (AvgIpc) is 2.72. The summed E-state index contributed by atoms with van der Waals surface area (Å²) in [7, 11) is 0. The van der Waals surface area contributed by atoms with Gasteiger partial charge in [0.25, 0.3) is 0 Å². The lowest BCUT2D eigenvalue weighted by Gasteiger charge is -2.36. The number of rotatable bonds is 4. The van der Waals surface area contributed by atoms with Crippen LogP contribution < -0.4 is 4.90 Å². The Hall–Kier alpha value is -2.86. The van der Waals surface area contributed by atoms with Crippen molar-refractivity contribution in [3.05, 3.63) is 59.4 Å². The molecule has 1 aliphatic heterocycles. The number of pyridine rings is 1. The third kappa shape index (κ3) is 6.06. The Bertz CT molecular complexity index is 831. The van der Waals surface area contributed by atoms with E-state index in [1.807, 2.05) is 69.5 Å². The summed E-state index contributed by atoms with van der Waals surface area (Å²) in [4.78, 5) is 20.7. The van der Waals surface area contributed by atoms with Crippen molar-refractivity contribution in [1.82, 2.24) is 9.88 Å². The Kier molecular flexibility index (Phi) is 6.54. The van der Waals surface area contributed by atoms with E-state index in [0.717, 1.165) is 35.6 Å². The summed E-state index contributed by atoms with van der Waals surface area (Å²) in [5.74, 6) is 0. The molecule has 0 unspecified atom stereocenters. The van der Waals surface area contributed by atoms with Crippen LogP contribution in [0.25, 0.3) is 12.2 Å². The van der Waals surface area contributed by atoms with E-state index < -0.39 is 5.60 Å². The van der Waals surface area contributed by atoms with Gasteiger partial charge in [-0.15, -0.1) is 0 Å². The Balaban J connectivity index is 1.54. The number of carbonyl (C=O) groups excluding carboxylic acids is 1. The van der Waals surface area contributed by atoms with Gasteiger partial charge in [-0.3, -0.25) is 4.98 Å². The number of aliphatic hydroxyl groups excluding tert-OH is 1. The molecule has 3 rings (SSSR count). The molecule has 29 heavy (non-hydrogen) atoms. The second kappa shape index (κ2) is 9.09. The van der Waals surface area contributed by atoms with E-state index in [9.17, 15) is 4.79 Å². The highest BCUT2D eigenvalue weighted by molar-refractivity contribution is 5.69. The first-order chi connectivity index (χ1) is 13.8. The topological polar surface area (TPSA) is 65.9 Å². The molecular formula is C23H29N3O3. The van der Waals surface area contributed by atoms with Crippen molar-refractivity contribution in [2.75, 3.05) is 31.1 Å². The number of hydrogen-bond acceptors (Lipinski definition) is 5. The Labute approximate surface area is 172 Å². The maximum atomic E-state index is 12.2. The van der Waals surface area contributed by atoms with Crippen LogP contribution in [0, 0.1) is 0 Å². The Morgan fingerprint density at radius 1 is 1.07 bits per heavy atom. The number of piperazine rings is 1. The molecule has 0 bridgehead atoms. The largest absolute Gasteiger partial charge is 0.444 e. The van der Waals surface area contributed by atoms with Gasteiger partial charge >= 0.3 is 6.09 Å². The van der Waals surface area contributed by atoms with Gasteiger partial charge in [-0.05, 0) is 50.1 Å². The van der Waals surface area contributed by atoms with E-state index in [2.05, 4.69) is 16.0 Å². The van der Waals surface area contributed by atoms with Crippen molar-refractivity contribution in [3.8, 4) is 0 Å². The van der Waals surface area contributed by atoms with E-state index in [1.165, 1.54) is 0 Å². The zero-order valence-corrected chi connectivity index (χ0v) is 17.3. The quantitative estimate of drug-likeness (QED) is 0.853. The molecule has 1 aliphatic rings. The fourth-order valence-electron chi connectivity index (χ4n) is 3.07. The molecular weight excluding hydrogens is 366 g/mol. The zero-order valence-electron chi connectivity index (χ0n) is 17.3. The van der Waals surface area contributed by atoms with Crippen LogP contribution in [-0.2, 0) is 11.3 Å². The first-order valence-corrected chi connectivity index (χ1v) is 9.91. The normalized spacial score (nSPS) is 15.0. The first kappa shape index (κ1) is 20.9. The third-order valence-electron chi connectivity index (χ3n) is 4.68. The van der Waals surface area contributed by atoms with Gasteiger partial charge in [0.15, 0.2) is 0 Å². The lowest BCUT2D eigenvalue weighted by molar-refractivity contribution is 0.0240. The maximum Gasteiger partial charge on any atom is 0.410 e. The molecule has 0 atom stereocenters. The zero-order chi connectivity index (χ0) is 20.9. The molecule has 0 aliphatic carbocycles. The van der Waals surface area contributed by atoms with Crippen molar-refractivity contribution in [2.45, 2.75) is 33.0 Å². The average molecular weight is 396 g/mol. The molecule has 1 saturated heterocycles. The van der Waals surface area contributed by atoms with Gasteiger partial charge < -0.3 is 19.6 Å². The summed E-state index contributed by atoms with van der Waals surface area (Å²) in [6, 6.07) is 11.8. The van der Waals surface area contributed by atoms with Gasteiger partial charge in [0.05, 0.1) is 24.2 Å². The number of amides is 1. The number of carbonyl (C=O) groups is 1. The van der Waals surface area contributed by atoms with Crippen LogP contribution in [0.4, 0.5) is 10.5 Å². The van der Waals surface area contributed by atoms with E-state index >= 15 is 0 Å². The predicted octanol–water partition coefficient (Wildman–Crippen LogP) is 3.80. The van der Waals surface area contributed by atoms with E-state index in [0.29, 0.717) is 13.1 Å². The number of benzene rings is 1. The molecule has 1 aromatic heterocycles. The lowest BCUT2D eigenvalue weighted by atomic mass is 10.1. The third-order valence-corrected chi connectivity index (χ3v) is 4.68. The van der Waals surface area contributed by atoms with Gasteiger partial charge in [0, 0.05) is 26.2 Å². The van der Waals surface area contributed by atoms with Crippen molar-refractivity contribution in [2.24, 2.45) is 0 Å². The summed E-state index contributed by atoms with van der Waals surface area (Å²) in [5.41, 5.74) is 3.43. The maximum absolute atomic E-state index is 12.2. The number of ether oxygens (including phenoxy) is 1. The van der Waals surface area contributed by atoms with E-state index in [1.54, 1.807) is 4.90 Å². The second-order valence-electron chi connectivity index (χ2n) is 8.13. The van der Waals surface area contributed by atoms with Gasteiger partial charge in [0.2, 0.25) is 0 Å². The number of nitrogens with zero attached hydrogens (tertiary/aromatic N) is 3. The highest BCUT2D eigenvalue weighted by Gasteiger charge is 2.25. The molecule has 1 N–H and O–H groups in total. The van der Waals surface area contributed by atoms with Crippen LogP contribution in [0.15, 0.2) is 42.6 Å². The van der Waals surface area contributed by atoms with Crippen LogP contribution in [0.1, 0.15) is 37.6 Å². The summed E-state index contributed by atoms with van der Waals surface area (Å²) in [6.07, 6.45) is 5.60. The highest BCUT2D eigenvalue weighted by atomic mass is 16.6. The van der Waals surface area contributed by atoms with Gasteiger partial charge in [-0.25, -0.2) is 4.79 Å². The van der Waals surface area contributed by atoms with Crippen molar-refractivity contribution in [3.63, 3.8) is 0 Å². The molecule has 1 aromatic carbocycles. The van der Waals surface area contributed by atoms with Crippen molar-refractivity contribution < 1.29 is 14.6 Å². The number of anilines is 1. The minimum absolute atomic E-state index is 0.0546. The molecule has 154 valence electrons. The van der Waals surface area contributed by atoms with Gasteiger partial charge in [-0.2, -0.15) is 0 Å². The summed E-state index contributed by atoms with van der Waals surface area (Å²) in [5, 5.41) is 9.10. The van der Waals surface area contributed by atoms with Crippen LogP contribution in [0.5, 0.6) is 0 Å². The first-order valence-electron chi connectivity index (χ1n) is 9.91. The van der Waals surface area contributed by atoms with Crippen LogP contribution >= 0.6 is 0 Å². The summed E-state index contributed by atoms with van der Waals surface area (Å²) >= 11 is 0. The number of hydrogen-bond donors (Lipinski definition) is 1. The van der Waals surface area contributed by atoms with Crippen molar-refractivity contribution in [1.29, 1.82) is 0 Å². The molecule has 0 saturated carbocycles. The Morgan fingerprint density at radius 3 is 2.31 bits per heavy atom. The predicted molar refractivity (Wildman–Crippen MR) is 116 cm³/mol. The molecule has 0 radical (unpaired) electrons. The highest BCUT2D eigenvalue weighted by Crippen LogP contribution is 2.18. The molecule has 2 aromatic rings. The molecule has 2 heterocycles.